The standard InChI is InChI=1S/C11H13ClIN/c12-10-8-9(13)4-5-11(10)14-6-2-1-3-7-14/h4-5,8H,1-3,6-7H2. The zero-order valence-electron chi connectivity index (χ0n) is 7.97. The molecule has 1 saturated heterocycles. The van der Waals surface area contributed by atoms with E-state index in [0.29, 0.717) is 0 Å². The van der Waals surface area contributed by atoms with Crippen molar-refractivity contribution in [3.05, 3.63) is 26.8 Å². The molecule has 76 valence electrons. The first-order chi connectivity index (χ1) is 6.77. The quantitative estimate of drug-likeness (QED) is 0.708. The molecule has 0 aliphatic carbocycles. The summed E-state index contributed by atoms with van der Waals surface area (Å²) >= 11 is 8.51. The van der Waals surface area contributed by atoms with Gasteiger partial charge in [0.2, 0.25) is 0 Å². The van der Waals surface area contributed by atoms with Gasteiger partial charge in [0.1, 0.15) is 0 Å². The zero-order valence-corrected chi connectivity index (χ0v) is 10.9. The van der Waals surface area contributed by atoms with Crippen LogP contribution in [0.2, 0.25) is 5.02 Å². The molecule has 0 radical (unpaired) electrons. The molecule has 1 heterocycles. The van der Waals surface area contributed by atoms with Gasteiger partial charge in [0.05, 0.1) is 10.7 Å². The second kappa shape index (κ2) is 4.71. The lowest BCUT2D eigenvalue weighted by molar-refractivity contribution is 0.578. The Kier molecular flexibility index (Phi) is 3.55. The predicted molar refractivity (Wildman–Crippen MR) is 70.2 cm³/mol. The second-order valence-electron chi connectivity index (χ2n) is 3.64. The van der Waals surface area contributed by atoms with E-state index in [-0.39, 0.29) is 0 Å². The van der Waals surface area contributed by atoms with Crippen LogP contribution in [0.4, 0.5) is 5.69 Å². The number of hydrogen-bond donors (Lipinski definition) is 0. The minimum Gasteiger partial charge on any atom is -0.370 e. The number of nitrogens with zero attached hydrogens (tertiary/aromatic N) is 1. The summed E-state index contributed by atoms with van der Waals surface area (Å²) in [6.45, 7) is 2.31. The fourth-order valence-electron chi connectivity index (χ4n) is 1.87. The maximum absolute atomic E-state index is 6.22. The highest BCUT2D eigenvalue weighted by Crippen LogP contribution is 2.29. The molecule has 0 unspecified atom stereocenters. The number of benzene rings is 1. The van der Waals surface area contributed by atoms with Gasteiger partial charge in [0, 0.05) is 16.7 Å². The second-order valence-corrected chi connectivity index (χ2v) is 5.30. The van der Waals surface area contributed by atoms with Gasteiger partial charge >= 0.3 is 0 Å². The molecule has 1 aliphatic rings. The average Bonchev–Trinajstić information content (AvgIpc) is 2.19. The van der Waals surface area contributed by atoms with Crippen LogP contribution in [0.5, 0.6) is 0 Å². The highest BCUT2D eigenvalue weighted by molar-refractivity contribution is 14.1. The third-order valence-corrected chi connectivity index (χ3v) is 3.58. The van der Waals surface area contributed by atoms with Gasteiger partial charge in [0.25, 0.3) is 0 Å². The topological polar surface area (TPSA) is 3.24 Å². The minimum atomic E-state index is 0.888. The van der Waals surface area contributed by atoms with Crippen molar-refractivity contribution in [1.29, 1.82) is 0 Å². The predicted octanol–water partition coefficient (Wildman–Crippen LogP) is 3.93. The first kappa shape index (κ1) is 10.6. The molecule has 0 bridgehead atoms. The summed E-state index contributed by atoms with van der Waals surface area (Å²) in [5.74, 6) is 0. The summed E-state index contributed by atoms with van der Waals surface area (Å²) in [4.78, 5) is 2.39. The normalized spacial score (nSPS) is 17.1. The van der Waals surface area contributed by atoms with Crippen LogP contribution < -0.4 is 4.90 Å². The Bertz CT molecular complexity index is 321. The Morgan fingerprint density at radius 2 is 1.86 bits per heavy atom. The first-order valence-corrected chi connectivity index (χ1v) is 6.43. The summed E-state index contributed by atoms with van der Waals surface area (Å²) in [5.41, 5.74) is 1.20. The molecule has 1 aliphatic heterocycles. The molecule has 0 saturated carbocycles. The highest BCUT2D eigenvalue weighted by Gasteiger charge is 2.13. The summed E-state index contributed by atoms with van der Waals surface area (Å²) < 4.78 is 1.20. The van der Waals surface area contributed by atoms with Crippen molar-refractivity contribution in [3.63, 3.8) is 0 Å². The van der Waals surface area contributed by atoms with E-state index in [9.17, 15) is 0 Å². The van der Waals surface area contributed by atoms with Gasteiger partial charge in [-0.1, -0.05) is 11.6 Å². The van der Waals surface area contributed by atoms with E-state index < -0.39 is 0 Å². The number of piperidine rings is 1. The number of hydrogen-bond acceptors (Lipinski definition) is 1. The summed E-state index contributed by atoms with van der Waals surface area (Å²) in [7, 11) is 0. The summed E-state index contributed by atoms with van der Waals surface area (Å²) in [6, 6.07) is 6.29. The SMILES string of the molecule is Clc1cc(I)ccc1N1CCCCC1. The molecule has 0 atom stereocenters. The molecule has 0 N–H and O–H groups in total. The number of rotatable bonds is 1. The largest absolute Gasteiger partial charge is 0.370 e. The van der Waals surface area contributed by atoms with Gasteiger partial charge in [-0.2, -0.15) is 0 Å². The average molecular weight is 322 g/mol. The van der Waals surface area contributed by atoms with Crippen molar-refractivity contribution in [3.8, 4) is 0 Å². The van der Waals surface area contributed by atoms with Gasteiger partial charge in [-0.3, -0.25) is 0 Å². The molecule has 1 aromatic carbocycles. The lowest BCUT2D eigenvalue weighted by Gasteiger charge is -2.29. The summed E-state index contributed by atoms with van der Waals surface area (Å²) in [6.07, 6.45) is 3.95. The maximum atomic E-state index is 6.22. The van der Waals surface area contributed by atoms with Crippen molar-refractivity contribution < 1.29 is 0 Å². The van der Waals surface area contributed by atoms with Crippen LogP contribution in [0.25, 0.3) is 0 Å². The van der Waals surface area contributed by atoms with Crippen LogP contribution in [0.3, 0.4) is 0 Å². The molecule has 1 aromatic rings. The summed E-state index contributed by atoms with van der Waals surface area (Å²) in [5, 5.41) is 0.888. The van der Waals surface area contributed by atoms with Gasteiger partial charge in [-0.25, -0.2) is 0 Å². The van der Waals surface area contributed by atoms with Crippen LogP contribution in [0.15, 0.2) is 18.2 Å². The number of halogens is 2. The molecule has 3 heteroatoms. The van der Waals surface area contributed by atoms with E-state index in [0.717, 1.165) is 18.1 Å². The van der Waals surface area contributed by atoms with Crippen LogP contribution in [-0.4, -0.2) is 13.1 Å². The van der Waals surface area contributed by atoms with Crippen molar-refractivity contribution in [2.24, 2.45) is 0 Å². The van der Waals surface area contributed by atoms with Crippen molar-refractivity contribution >= 4 is 39.9 Å². The molecule has 14 heavy (non-hydrogen) atoms. The lowest BCUT2D eigenvalue weighted by Crippen LogP contribution is -2.29. The monoisotopic (exact) mass is 321 g/mol. The molecule has 0 spiro atoms. The minimum absolute atomic E-state index is 0.888. The number of anilines is 1. The Morgan fingerprint density at radius 3 is 2.50 bits per heavy atom. The van der Waals surface area contributed by atoms with Crippen LogP contribution >= 0.6 is 34.2 Å². The molecule has 1 nitrogen and oxygen atoms in total. The van der Waals surface area contributed by atoms with Crippen LogP contribution in [0.1, 0.15) is 19.3 Å². The molecule has 2 rings (SSSR count). The molecule has 0 aromatic heterocycles. The van der Waals surface area contributed by atoms with Crippen molar-refractivity contribution in [2.75, 3.05) is 18.0 Å². The van der Waals surface area contributed by atoms with E-state index in [4.69, 9.17) is 11.6 Å². The first-order valence-electron chi connectivity index (χ1n) is 4.97. The van der Waals surface area contributed by atoms with E-state index in [1.807, 2.05) is 6.07 Å². The zero-order chi connectivity index (χ0) is 9.97. The fraction of sp³-hybridized carbons (Fsp3) is 0.455. The van der Waals surface area contributed by atoms with E-state index in [1.54, 1.807) is 0 Å². The van der Waals surface area contributed by atoms with Crippen molar-refractivity contribution in [2.45, 2.75) is 19.3 Å². The molecular formula is C11H13ClIN. The highest BCUT2D eigenvalue weighted by atomic mass is 127. The van der Waals surface area contributed by atoms with Gasteiger partial charge < -0.3 is 4.90 Å². The molecule has 1 fully saturated rings. The third kappa shape index (κ3) is 2.34. The third-order valence-electron chi connectivity index (χ3n) is 2.61. The lowest BCUT2D eigenvalue weighted by atomic mass is 10.1. The smallest absolute Gasteiger partial charge is 0.0650 e. The fourth-order valence-corrected chi connectivity index (χ4v) is 2.85. The van der Waals surface area contributed by atoms with E-state index >= 15 is 0 Å². The van der Waals surface area contributed by atoms with Crippen LogP contribution in [-0.2, 0) is 0 Å². The Hall–Kier alpha value is 0.0400. The maximum Gasteiger partial charge on any atom is 0.0650 e. The van der Waals surface area contributed by atoms with Gasteiger partial charge in [0.15, 0.2) is 0 Å². The van der Waals surface area contributed by atoms with E-state index in [2.05, 4.69) is 39.6 Å². The van der Waals surface area contributed by atoms with E-state index in [1.165, 1.54) is 28.5 Å². The Morgan fingerprint density at radius 1 is 1.14 bits per heavy atom. The van der Waals surface area contributed by atoms with Gasteiger partial charge in [-0.05, 0) is 60.1 Å². The Labute approximate surface area is 104 Å². The van der Waals surface area contributed by atoms with Gasteiger partial charge in [-0.15, -0.1) is 0 Å². The molecular weight excluding hydrogens is 308 g/mol. The Balaban J connectivity index is 2.22. The van der Waals surface area contributed by atoms with Crippen molar-refractivity contribution in [1.82, 2.24) is 0 Å². The molecule has 0 amide bonds. The van der Waals surface area contributed by atoms with Crippen LogP contribution in [0, 0.1) is 3.57 Å².